The van der Waals surface area contributed by atoms with Crippen molar-refractivity contribution in [2.75, 3.05) is 38.2 Å². The maximum atomic E-state index is 11.5. The normalized spacial score (nSPS) is 14.8. The molecule has 1 fully saturated rings. The fourth-order valence-electron chi connectivity index (χ4n) is 3.12. The monoisotopic (exact) mass is 362 g/mol. The number of pyridine rings is 1. The highest BCUT2D eigenvalue weighted by molar-refractivity contribution is 5.79. The van der Waals surface area contributed by atoms with Gasteiger partial charge >= 0.3 is 6.09 Å². The van der Waals surface area contributed by atoms with Gasteiger partial charge in [-0.2, -0.15) is 0 Å². The molecular weight excluding hydrogens is 332 g/mol. The van der Waals surface area contributed by atoms with Gasteiger partial charge in [-0.3, -0.25) is 4.79 Å². The SMILES string of the molecule is CCCc1cccc(N2CCC(CCNC(=O)OCC(=O)NC)CC2)n1. The van der Waals surface area contributed by atoms with E-state index in [1.807, 2.05) is 0 Å². The molecule has 0 aliphatic carbocycles. The number of ether oxygens (including phenoxy) is 1. The third-order valence-electron chi connectivity index (χ3n) is 4.67. The zero-order valence-corrected chi connectivity index (χ0v) is 15.8. The molecule has 7 heteroatoms. The standard InChI is InChI=1S/C19H30N4O3/c1-3-5-16-6-4-7-17(22-16)23-12-9-15(10-13-23)8-11-21-19(25)26-14-18(24)20-2/h4,6-7,15H,3,5,8-14H2,1-2H3,(H,20,24)(H,21,25). The summed E-state index contributed by atoms with van der Waals surface area (Å²) in [6.45, 7) is 4.48. The summed E-state index contributed by atoms with van der Waals surface area (Å²) in [6.07, 6.45) is 4.70. The van der Waals surface area contributed by atoms with E-state index in [0.29, 0.717) is 12.5 Å². The molecule has 0 aromatic carbocycles. The minimum Gasteiger partial charge on any atom is -0.439 e. The Bertz CT molecular complexity index is 586. The summed E-state index contributed by atoms with van der Waals surface area (Å²) in [6, 6.07) is 6.27. The fourth-order valence-corrected chi connectivity index (χ4v) is 3.12. The molecule has 2 rings (SSSR count). The molecule has 2 N–H and O–H groups in total. The van der Waals surface area contributed by atoms with Crippen LogP contribution in [0.15, 0.2) is 18.2 Å². The molecule has 2 heterocycles. The molecule has 144 valence electrons. The van der Waals surface area contributed by atoms with Gasteiger partial charge in [-0.05, 0) is 43.7 Å². The van der Waals surface area contributed by atoms with E-state index in [1.165, 1.54) is 7.05 Å². The lowest BCUT2D eigenvalue weighted by atomic mass is 9.93. The number of likely N-dealkylation sites (N-methyl/N-ethyl adjacent to an activating group) is 1. The van der Waals surface area contributed by atoms with Crippen LogP contribution in [0.5, 0.6) is 0 Å². The van der Waals surface area contributed by atoms with Crippen molar-refractivity contribution in [3.05, 3.63) is 23.9 Å². The highest BCUT2D eigenvalue weighted by Crippen LogP contribution is 2.24. The predicted molar refractivity (Wildman–Crippen MR) is 101 cm³/mol. The number of carbonyl (C=O) groups excluding carboxylic acids is 2. The smallest absolute Gasteiger partial charge is 0.407 e. The fraction of sp³-hybridized carbons (Fsp3) is 0.632. The van der Waals surface area contributed by atoms with Crippen LogP contribution in [0.1, 0.15) is 38.3 Å². The third kappa shape index (κ3) is 6.54. The van der Waals surface area contributed by atoms with E-state index in [-0.39, 0.29) is 12.5 Å². The molecule has 1 aliphatic rings. The first-order valence-corrected chi connectivity index (χ1v) is 9.44. The van der Waals surface area contributed by atoms with Gasteiger partial charge in [-0.1, -0.05) is 19.4 Å². The summed E-state index contributed by atoms with van der Waals surface area (Å²) in [5, 5.41) is 5.11. The van der Waals surface area contributed by atoms with E-state index >= 15 is 0 Å². The Hall–Kier alpha value is -2.31. The molecule has 0 radical (unpaired) electrons. The zero-order chi connectivity index (χ0) is 18.8. The molecule has 1 aromatic rings. The third-order valence-corrected chi connectivity index (χ3v) is 4.67. The van der Waals surface area contributed by atoms with Gasteiger partial charge in [-0.15, -0.1) is 0 Å². The number of aromatic nitrogens is 1. The van der Waals surface area contributed by atoms with E-state index in [9.17, 15) is 9.59 Å². The maximum Gasteiger partial charge on any atom is 0.407 e. The number of alkyl carbamates (subject to hydrolysis) is 1. The van der Waals surface area contributed by atoms with Crippen molar-refractivity contribution in [3.8, 4) is 0 Å². The number of piperidine rings is 1. The zero-order valence-electron chi connectivity index (χ0n) is 15.8. The minimum absolute atomic E-state index is 0.245. The van der Waals surface area contributed by atoms with Crippen molar-refractivity contribution in [1.29, 1.82) is 0 Å². The molecule has 1 aliphatic heterocycles. The Morgan fingerprint density at radius 3 is 2.77 bits per heavy atom. The Morgan fingerprint density at radius 2 is 2.08 bits per heavy atom. The summed E-state index contributed by atoms with van der Waals surface area (Å²) >= 11 is 0. The van der Waals surface area contributed by atoms with Gasteiger partial charge in [0.25, 0.3) is 5.91 Å². The average Bonchev–Trinajstić information content (AvgIpc) is 2.67. The number of anilines is 1. The van der Waals surface area contributed by atoms with Gasteiger partial charge in [0.15, 0.2) is 6.61 Å². The lowest BCUT2D eigenvalue weighted by Crippen LogP contribution is -2.36. The molecule has 1 saturated heterocycles. The van der Waals surface area contributed by atoms with Crippen molar-refractivity contribution < 1.29 is 14.3 Å². The molecule has 0 bridgehead atoms. The van der Waals surface area contributed by atoms with Gasteiger partial charge in [0, 0.05) is 32.4 Å². The second kappa shape index (κ2) is 10.6. The number of nitrogens with one attached hydrogen (secondary N) is 2. The van der Waals surface area contributed by atoms with Crippen molar-refractivity contribution >= 4 is 17.8 Å². The van der Waals surface area contributed by atoms with E-state index in [2.05, 4.69) is 40.7 Å². The second-order valence-corrected chi connectivity index (χ2v) is 6.63. The first-order chi connectivity index (χ1) is 12.6. The van der Waals surface area contributed by atoms with Crippen LogP contribution in [-0.4, -0.2) is 50.3 Å². The number of hydrogen-bond donors (Lipinski definition) is 2. The summed E-state index contributed by atoms with van der Waals surface area (Å²) in [7, 11) is 1.51. The van der Waals surface area contributed by atoms with Crippen molar-refractivity contribution in [2.45, 2.75) is 39.0 Å². The van der Waals surface area contributed by atoms with Crippen LogP contribution in [0.3, 0.4) is 0 Å². The quantitative estimate of drug-likeness (QED) is 0.740. The predicted octanol–water partition coefficient (Wildman–Crippen LogP) is 2.11. The molecular formula is C19H30N4O3. The highest BCUT2D eigenvalue weighted by atomic mass is 16.6. The highest BCUT2D eigenvalue weighted by Gasteiger charge is 2.20. The Morgan fingerprint density at radius 1 is 1.31 bits per heavy atom. The van der Waals surface area contributed by atoms with Crippen LogP contribution in [-0.2, 0) is 16.0 Å². The number of amides is 2. The van der Waals surface area contributed by atoms with E-state index in [4.69, 9.17) is 9.72 Å². The van der Waals surface area contributed by atoms with Gasteiger partial charge < -0.3 is 20.3 Å². The molecule has 26 heavy (non-hydrogen) atoms. The number of rotatable bonds is 8. The summed E-state index contributed by atoms with van der Waals surface area (Å²) in [4.78, 5) is 29.6. The van der Waals surface area contributed by atoms with E-state index < -0.39 is 6.09 Å². The minimum atomic E-state index is -0.539. The van der Waals surface area contributed by atoms with Crippen LogP contribution >= 0.6 is 0 Å². The lowest BCUT2D eigenvalue weighted by Gasteiger charge is -2.33. The first kappa shape index (κ1) is 20.0. The Kier molecular flexibility index (Phi) is 8.18. The van der Waals surface area contributed by atoms with Crippen LogP contribution in [0, 0.1) is 5.92 Å². The van der Waals surface area contributed by atoms with E-state index in [1.54, 1.807) is 0 Å². The van der Waals surface area contributed by atoms with Crippen molar-refractivity contribution in [3.63, 3.8) is 0 Å². The molecule has 0 saturated carbocycles. The van der Waals surface area contributed by atoms with E-state index in [0.717, 1.165) is 56.7 Å². The summed E-state index contributed by atoms with van der Waals surface area (Å²) in [5.41, 5.74) is 1.16. The van der Waals surface area contributed by atoms with Crippen LogP contribution in [0.4, 0.5) is 10.6 Å². The summed E-state index contributed by atoms with van der Waals surface area (Å²) < 4.78 is 4.81. The molecule has 1 aromatic heterocycles. The van der Waals surface area contributed by atoms with Gasteiger partial charge in [0.1, 0.15) is 5.82 Å². The molecule has 0 spiro atoms. The number of carbonyl (C=O) groups is 2. The van der Waals surface area contributed by atoms with Gasteiger partial charge in [0.05, 0.1) is 0 Å². The van der Waals surface area contributed by atoms with Crippen LogP contribution in [0.25, 0.3) is 0 Å². The topological polar surface area (TPSA) is 83.6 Å². The van der Waals surface area contributed by atoms with Crippen LogP contribution < -0.4 is 15.5 Å². The Balaban J connectivity index is 1.66. The first-order valence-electron chi connectivity index (χ1n) is 9.44. The van der Waals surface area contributed by atoms with Crippen molar-refractivity contribution in [1.82, 2.24) is 15.6 Å². The number of aryl methyl sites for hydroxylation is 1. The summed E-state index contributed by atoms with van der Waals surface area (Å²) in [5.74, 6) is 1.35. The lowest BCUT2D eigenvalue weighted by molar-refractivity contribution is -0.123. The van der Waals surface area contributed by atoms with Gasteiger partial charge in [-0.25, -0.2) is 9.78 Å². The Labute approximate surface area is 155 Å². The number of hydrogen-bond acceptors (Lipinski definition) is 5. The van der Waals surface area contributed by atoms with Crippen molar-refractivity contribution in [2.24, 2.45) is 5.92 Å². The maximum absolute atomic E-state index is 11.5. The average molecular weight is 362 g/mol. The second-order valence-electron chi connectivity index (χ2n) is 6.63. The van der Waals surface area contributed by atoms with Gasteiger partial charge in [0.2, 0.25) is 0 Å². The number of nitrogens with zero attached hydrogens (tertiary/aromatic N) is 2. The largest absolute Gasteiger partial charge is 0.439 e. The molecule has 0 atom stereocenters. The molecule has 7 nitrogen and oxygen atoms in total. The van der Waals surface area contributed by atoms with Crippen LogP contribution in [0.2, 0.25) is 0 Å². The molecule has 2 amide bonds. The molecule has 0 unspecified atom stereocenters.